The van der Waals surface area contributed by atoms with Crippen LogP contribution in [0.3, 0.4) is 0 Å². The molecule has 0 saturated carbocycles. The molecule has 1 fully saturated rings. The number of carbonyl (C=O) groups is 1. The summed E-state index contributed by atoms with van der Waals surface area (Å²) in [6, 6.07) is 7.72. The average molecular weight is 253 g/mol. The summed E-state index contributed by atoms with van der Waals surface area (Å²) in [5, 5.41) is 2.70. The summed E-state index contributed by atoms with van der Waals surface area (Å²) < 4.78 is 28.1. The highest BCUT2D eigenvalue weighted by atomic mass is 19.3. The number of rotatable bonds is 3. The van der Waals surface area contributed by atoms with Crippen LogP contribution in [0.15, 0.2) is 30.3 Å². The summed E-state index contributed by atoms with van der Waals surface area (Å²) in [7, 11) is 0. The zero-order valence-corrected chi connectivity index (χ0v) is 10.2. The minimum Gasteiger partial charge on any atom is -0.356 e. The monoisotopic (exact) mass is 253 g/mol. The van der Waals surface area contributed by atoms with Gasteiger partial charge >= 0.3 is 0 Å². The maximum absolute atomic E-state index is 14.1. The van der Waals surface area contributed by atoms with E-state index < -0.39 is 18.3 Å². The average Bonchev–Trinajstić information content (AvgIpc) is 2.56. The molecular formula is C14H17F2NO. The van der Waals surface area contributed by atoms with E-state index in [1.165, 1.54) is 12.1 Å². The highest BCUT2D eigenvalue weighted by Crippen LogP contribution is 2.36. The molecule has 1 aromatic carbocycles. The summed E-state index contributed by atoms with van der Waals surface area (Å²) in [6.45, 7) is 0.603. The third kappa shape index (κ3) is 3.06. The number of hydrogen-bond acceptors (Lipinski definition) is 1. The molecule has 4 heteroatoms. The number of benzene rings is 1. The van der Waals surface area contributed by atoms with Crippen molar-refractivity contribution >= 4 is 5.91 Å². The highest BCUT2D eigenvalue weighted by molar-refractivity contribution is 5.78. The molecule has 2 rings (SSSR count). The van der Waals surface area contributed by atoms with Crippen LogP contribution in [0.4, 0.5) is 8.78 Å². The van der Waals surface area contributed by atoms with Crippen molar-refractivity contribution < 1.29 is 13.6 Å². The van der Waals surface area contributed by atoms with E-state index in [0.29, 0.717) is 13.0 Å². The molecule has 98 valence electrons. The zero-order valence-electron chi connectivity index (χ0n) is 10.2. The van der Waals surface area contributed by atoms with E-state index in [2.05, 4.69) is 5.32 Å². The molecule has 1 aliphatic rings. The number of nitrogens with one attached hydrogen (secondary N) is 1. The van der Waals surface area contributed by atoms with Crippen LogP contribution in [0, 0.1) is 5.92 Å². The van der Waals surface area contributed by atoms with Gasteiger partial charge in [0, 0.05) is 24.4 Å². The molecule has 1 amide bonds. The van der Waals surface area contributed by atoms with Gasteiger partial charge in [-0.25, -0.2) is 8.78 Å². The van der Waals surface area contributed by atoms with Crippen LogP contribution >= 0.6 is 0 Å². The van der Waals surface area contributed by atoms with Gasteiger partial charge in [-0.05, 0) is 12.8 Å². The van der Waals surface area contributed by atoms with Gasteiger partial charge < -0.3 is 5.32 Å². The highest BCUT2D eigenvalue weighted by Gasteiger charge is 2.37. The maximum Gasteiger partial charge on any atom is 0.274 e. The van der Waals surface area contributed by atoms with Crippen LogP contribution in [0.2, 0.25) is 0 Å². The van der Waals surface area contributed by atoms with Crippen molar-refractivity contribution in [2.75, 3.05) is 6.54 Å². The second-order valence-electron chi connectivity index (χ2n) is 4.76. The number of amides is 1. The SMILES string of the molecule is O=C1NCCCCC1CC(F)(F)c1ccccc1. The van der Waals surface area contributed by atoms with Crippen molar-refractivity contribution in [3.8, 4) is 0 Å². The molecule has 0 bridgehead atoms. The Bertz CT molecular complexity index is 406. The maximum atomic E-state index is 14.1. The van der Waals surface area contributed by atoms with Crippen molar-refractivity contribution in [1.82, 2.24) is 5.32 Å². The van der Waals surface area contributed by atoms with Crippen molar-refractivity contribution in [2.24, 2.45) is 5.92 Å². The van der Waals surface area contributed by atoms with E-state index in [9.17, 15) is 13.6 Å². The molecule has 1 aliphatic heterocycles. The van der Waals surface area contributed by atoms with E-state index in [1.807, 2.05) is 0 Å². The first kappa shape index (κ1) is 13.0. The number of alkyl halides is 2. The first-order valence-corrected chi connectivity index (χ1v) is 6.31. The van der Waals surface area contributed by atoms with Gasteiger partial charge in [-0.3, -0.25) is 4.79 Å². The van der Waals surface area contributed by atoms with Gasteiger partial charge in [-0.15, -0.1) is 0 Å². The summed E-state index contributed by atoms with van der Waals surface area (Å²) in [5.74, 6) is -3.75. The van der Waals surface area contributed by atoms with Gasteiger partial charge in [-0.1, -0.05) is 36.8 Å². The Hall–Kier alpha value is -1.45. The Balaban J connectivity index is 2.09. The van der Waals surface area contributed by atoms with Gasteiger partial charge in [0.2, 0.25) is 5.91 Å². The van der Waals surface area contributed by atoms with E-state index in [4.69, 9.17) is 0 Å². The molecule has 0 aromatic heterocycles. The molecule has 1 saturated heterocycles. The lowest BCUT2D eigenvalue weighted by molar-refractivity contribution is -0.128. The summed E-state index contributed by atoms with van der Waals surface area (Å²) in [6.07, 6.45) is 1.85. The molecule has 0 aliphatic carbocycles. The first-order chi connectivity index (χ1) is 8.59. The lowest BCUT2D eigenvalue weighted by Crippen LogP contribution is -2.32. The Morgan fingerprint density at radius 1 is 1.22 bits per heavy atom. The number of halogens is 2. The minimum absolute atomic E-state index is 0.0120. The van der Waals surface area contributed by atoms with Gasteiger partial charge in [0.15, 0.2) is 0 Å². The van der Waals surface area contributed by atoms with Crippen LogP contribution in [-0.2, 0) is 10.7 Å². The van der Waals surface area contributed by atoms with Crippen LogP contribution in [0.5, 0.6) is 0 Å². The molecule has 2 nitrogen and oxygen atoms in total. The van der Waals surface area contributed by atoms with E-state index in [-0.39, 0.29) is 11.5 Å². The van der Waals surface area contributed by atoms with E-state index in [1.54, 1.807) is 18.2 Å². The molecule has 1 heterocycles. The zero-order chi connectivity index (χ0) is 13.0. The fraction of sp³-hybridized carbons (Fsp3) is 0.500. The first-order valence-electron chi connectivity index (χ1n) is 6.31. The fourth-order valence-corrected chi connectivity index (χ4v) is 2.31. The fourth-order valence-electron chi connectivity index (χ4n) is 2.31. The molecule has 0 radical (unpaired) electrons. The smallest absolute Gasteiger partial charge is 0.274 e. The minimum atomic E-state index is -2.94. The van der Waals surface area contributed by atoms with Crippen LogP contribution in [0.25, 0.3) is 0 Å². The molecule has 0 spiro atoms. The van der Waals surface area contributed by atoms with Gasteiger partial charge in [0.1, 0.15) is 0 Å². The molecule has 18 heavy (non-hydrogen) atoms. The molecule has 1 atom stereocenters. The molecule has 1 unspecified atom stereocenters. The standard InChI is InChI=1S/C14H17F2NO/c15-14(16,12-7-2-1-3-8-12)10-11-6-4-5-9-17-13(11)18/h1-3,7-8,11H,4-6,9-10H2,(H,17,18). The van der Waals surface area contributed by atoms with Gasteiger partial charge in [-0.2, -0.15) is 0 Å². The van der Waals surface area contributed by atoms with Gasteiger partial charge in [0.25, 0.3) is 5.92 Å². The predicted molar refractivity (Wildman–Crippen MR) is 65.3 cm³/mol. The lowest BCUT2D eigenvalue weighted by atomic mass is 9.92. The van der Waals surface area contributed by atoms with Crippen LogP contribution in [0.1, 0.15) is 31.2 Å². The lowest BCUT2D eigenvalue weighted by Gasteiger charge is -2.21. The Kier molecular flexibility index (Phi) is 3.94. The molecular weight excluding hydrogens is 236 g/mol. The third-order valence-electron chi connectivity index (χ3n) is 3.35. The van der Waals surface area contributed by atoms with Crippen molar-refractivity contribution in [3.63, 3.8) is 0 Å². The Morgan fingerprint density at radius 2 is 1.94 bits per heavy atom. The topological polar surface area (TPSA) is 29.1 Å². The quantitative estimate of drug-likeness (QED) is 0.881. The van der Waals surface area contributed by atoms with Crippen molar-refractivity contribution in [2.45, 2.75) is 31.6 Å². The normalized spacial score (nSPS) is 21.2. The predicted octanol–water partition coefficient (Wildman–Crippen LogP) is 3.08. The third-order valence-corrected chi connectivity index (χ3v) is 3.35. The van der Waals surface area contributed by atoms with Gasteiger partial charge in [0.05, 0.1) is 0 Å². The number of hydrogen-bond donors (Lipinski definition) is 1. The second kappa shape index (κ2) is 5.46. The van der Waals surface area contributed by atoms with Crippen LogP contribution in [-0.4, -0.2) is 12.5 Å². The summed E-state index contributed by atoms with van der Waals surface area (Å²) >= 11 is 0. The summed E-state index contributed by atoms with van der Waals surface area (Å²) in [4.78, 5) is 11.7. The van der Waals surface area contributed by atoms with E-state index >= 15 is 0 Å². The number of carbonyl (C=O) groups excluding carboxylic acids is 1. The summed E-state index contributed by atoms with van der Waals surface area (Å²) in [5.41, 5.74) is -0.0120. The largest absolute Gasteiger partial charge is 0.356 e. The second-order valence-corrected chi connectivity index (χ2v) is 4.76. The van der Waals surface area contributed by atoms with Crippen molar-refractivity contribution in [1.29, 1.82) is 0 Å². The van der Waals surface area contributed by atoms with Crippen LogP contribution < -0.4 is 5.32 Å². The van der Waals surface area contributed by atoms with E-state index in [0.717, 1.165) is 12.8 Å². The Morgan fingerprint density at radius 3 is 2.67 bits per heavy atom. The molecule has 1 N–H and O–H groups in total. The Labute approximate surface area is 105 Å². The van der Waals surface area contributed by atoms with Crippen molar-refractivity contribution in [3.05, 3.63) is 35.9 Å². The molecule has 1 aromatic rings.